The predicted molar refractivity (Wildman–Crippen MR) is 145 cm³/mol. The minimum atomic E-state index is -3.91. The van der Waals surface area contributed by atoms with Gasteiger partial charge in [0.05, 0.1) is 34.0 Å². The van der Waals surface area contributed by atoms with Gasteiger partial charge in [0.15, 0.2) is 0 Å². The number of sulfonamides is 1. The summed E-state index contributed by atoms with van der Waals surface area (Å²) in [4.78, 5) is 15.1. The molecule has 1 heterocycles. The first-order chi connectivity index (χ1) is 17.8. The molecule has 4 aromatic rings. The van der Waals surface area contributed by atoms with Gasteiger partial charge in [0.2, 0.25) is 0 Å². The van der Waals surface area contributed by atoms with Gasteiger partial charge in [-0.15, -0.1) is 0 Å². The minimum absolute atomic E-state index is 0.0403. The highest BCUT2D eigenvalue weighted by Gasteiger charge is 2.23. The molecule has 0 unspecified atom stereocenters. The Kier molecular flexibility index (Phi) is 8.56. The number of hydrogen-bond acceptors (Lipinski definition) is 5. The SMILES string of the molecule is NCCc1ccc(S(=O)(=O)Nc2ccc(Cl)cc2CN(Cc2ccco2)C(=O)c2ccccc2Cl)cc1. The third-order valence-electron chi connectivity index (χ3n) is 5.66. The number of hydrogen-bond donors (Lipinski definition) is 2. The first-order valence-electron chi connectivity index (χ1n) is 11.4. The van der Waals surface area contributed by atoms with Gasteiger partial charge in [-0.1, -0.05) is 47.5 Å². The summed E-state index contributed by atoms with van der Waals surface area (Å²) in [5.41, 5.74) is 7.64. The number of nitrogens with two attached hydrogens (primary N) is 1. The van der Waals surface area contributed by atoms with Gasteiger partial charge in [-0.25, -0.2) is 8.42 Å². The summed E-state index contributed by atoms with van der Waals surface area (Å²) in [7, 11) is -3.91. The Morgan fingerprint density at radius 1 is 0.946 bits per heavy atom. The highest BCUT2D eigenvalue weighted by Crippen LogP contribution is 2.27. The molecule has 0 saturated carbocycles. The van der Waals surface area contributed by atoms with Crippen molar-refractivity contribution in [1.82, 2.24) is 4.90 Å². The lowest BCUT2D eigenvalue weighted by Gasteiger charge is -2.24. The first-order valence-corrected chi connectivity index (χ1v) is 13.7. The van der Waals surface area contributed by atoms with Gasteiger partial charge in [0.25, 0.3) is 15.9 Å². The number of benzene rings is 3. The van der Waals surface area contributed by atoms with Crippen molar-refractivity contribution in [1.29, 1.82) is 0 Å². The fourth-order valence-corrected chi connectivity index (χ4v) is 5.31. The number of halogens is 2. The van der Waals surface area contributed by atoms with E-state index in [2.05, 4.69) is 4.72 Å². The topological polar surface area (TPSA) is 106 Å². The van der Waals surface area contributed by atoms with Crippen LogP contribution in [0.25, 0.3) is 0 Å². The molecule has 1 aromatic heterocycles. The average Bonchev–Trinajstić information content (AvgIpc) is 3.39. The van der Waals surface area contributed by atoms with E-state index in [-0.39, 0.29) is 23.9 Å². The summed E-state index contributed by atoms with van der Waals surface area (Å²) in [5, 5.41) is 0.703. The van der Waals surface area contributed by atoms with Crippen molar-refractivity contribution in [2.45, 2.75) is 24.4 Å². The molecule has 10 heteroatoms. The van der Waals surface area contributed by atoms with E-state index >= 15 is 0 Å². The molecular weight excluding hydrogens is 533 g/mol. The molecule has 0 atom stereocenters. The summed E-state index contributed by atoms with van der Waals surface area (Å²) in [5.74, 6) is 0.216. The van der Waals surface area contributed by atoms with Gasteiger partial charge in [0, 0.05) is 11.6 Å². The molecular formula is C27H25Cl2N3O4S. The molecule has 3 N–H and O–H groups in total. The van der Waals surface area contributed by atoms with E-state index in [1.54, 1.807) is 66.7 Å². The Hall–Kier alpha value is -3.30. The number of rotatable bonds is 10. The van der Waals surface area contributed by atoms with Crippen LogP contribution in [0.2, 0.25) is 10.0 Å². The molecule has 0 bridgehead atoms. The molecule has 0 spiro atoms. The van der Waals surface area contributed by atoms with Gasteiger partial charge in [-0.05, 0) is 78.7 Å². The van der Waals surface area contributed by atoms with Crippen molar-refractivity contribution in [2.75, 3.05) is 11.3 Å². The number of nitrogens with one attached hydrogen (secondary N) is 1. The van der Waals surface area contributed by atoms with Crippen molar-refractivity contribution < 1.29 is 17.6 Å². The number of carbonyl (C=O) groups excluding carboxylic acids is 1. The molecule has 1 amide bonds. The van der Waals surface area contributed by atoms with Crippen LogP contribution in [0.1, 0.15) is 27.2 Å². The van der Waals surface area contributed by atoms with Crippen LogP contribution >= 0.6 is 23.2 Å². The van der Waals surface area contributed by atoms with Crippen molar-refractivity contribution in [3.05, 3.63) is 118 Å². The summed E-state index contributed by atoms with van der Waals surface area (Å²) < 4.78 is 34.4. The van der Waals surface area contributed by atoms with Crippen LogP contribution in [0.3, 0.4) is 0 Å². The highest BCUT2D eigenvalue weighted by molar-refractivity contribution is 7.92. The Bertz CT molecular complexity index is 1470. The Morgan fingerprint density at radius 2 is 1.70 bits per heavy atom. The maximum Gasteiger partial charge on any atom is 0.261 e. The largest absolute Gasteiger partial charge is 0.467 e. The van der Waals surface area contributed by atoms with Gasteiger partial charge < -0.3 is 15.1 Å². The molecule has 0 radical (unpaired) electrons. The van der Waals surface area contributed by atoms with Crippen molar-refractivity contribution in [2.24, 2.45) is 5.73 Å². The average molecular weight is 558 g/mol. The molecule has 37 heavy (non-hydrogen) atoms. The fraction of sp³-hybridized carbons (Fsp3) is 0.148. The lowest BCUT2D eigenvalue weighted by atomic mass is 10.1. The lowest BCUT2D eigenvalue weighted by molar-refractivity contribution is 0.0718. The molecule has 0 aliphatic rings. The second-order valence-electron chi connectivity index (χ2n) is 8.31. The third-order valence-corrected chi connectivity index (χ3v) is 7.60. The van der Waals surface area contributed by atoms with Crippen LogP contribution < -0.4 is 10.5 Å². The molecule has 4 rings (SSSR count). The van der Waals surface area contributed by atoms with E-state index in [0.29, 0.717) is 45.6 Å². The maximum atomic E-state index is 13.5. The Labute approximate surface area is 225 Å². The van der Waals surface area contributed by atoms with Crippen molar-refractivity contribution in [3.8, 4) is 0 Å². The predicted octanol–water partition coefficient (Wildman–Crippen LogP) is 5.73. The lowest BCUT2D eigenvalue weighted by Crippen LogP contribution is -2.30. The molecule has 0 aliphatic carbocycles. The summed E-state index contributed by atoms with van der Waals surface area (Å²) in [6.45, 7) is 0.650. The van der Waals surface area contributed by atoms with Gasteiger partial charge in [-0.3, -0.25) is 9.52 Å². The summed E-state index contributed by atoms with van der Waals surface area (Å²) in [6.07, 6.45) is 2.17. The van der Waals surface area contributed by atoms with Crippen LogP contribution in [-0.4, -0.2) is 25.8 Å². The number of nitrogens with zero attached hydrogens (tertiary/aromatic N) is 1. The summed E-state index contributed by atoms with van der Waals surface area (Å²) >= 11 is 12.6. The normalized spacial score (nSPS) is 11.3. The monoisotopic (exact) mass is 557 g/mol. The van der Waals surface area contributed by atoms with Gasteiger partial charge >= 0.3 is 0 Å². The van der Waals surface area contributed by atoms with Crippen LogP contribution in [-0.2, 0) is 29.5 Å². The maximum absolute atomic E-state index is 13.5. The van der Waals surface area contributed by atoms with Crippen LogP contribution in [0.5, 0.6) is 0 Å². The zero-order valence-electron chi connectivity index (χ0n) is 19.7. The molecule has 0 fully saturated rings. The van der Waals surface area contributed by atoms with E-state index in [4.69, 9.17) is 33.4 Å². The molecule has 0 saturated heterocycles. The number of carbonyl (C=O) groups is 1. The van der Waals surface area contributed by atoms with E-state index in [1.807, 2.05) is 0 Å². The highest BCUT2D eigenvalue weighted by atomic mass is 35.5. The fourth-order valence-electron chi connectivity index (χ4n) is 3.80. The molecule has 0 aliphatic heterocycles. The van der Waals surface area contributed by atoms with Gasteiger partial charge in [-0.2, -0.15) is 0 Å². The zero-order chi connectivity index (χ0) is 26.4. The van der Waals surface area contributed by atoms with E-state index < -0.39 is 10.0 Å². The van der Waals surface area contributed by atoms with Crippen LogP contribution in [0, 0.1) is 0 Å². The first kappa shape index (κ1) is 26.8. The second kappa shape index (κ2) is 11.8. The quantitative estimate of drug-likeness (QED) is 0.259. The van der Waals surface area contributed by atoms with E-state index in [0.717, 1.165) is 5.56 Å². The molecule has 3 aromatic carbocycles. The second-order valence-corrected chi connectivity index (χ2v) is 10.8. The van der Waals surface area contributed by atoms with Gasteiger partial charge in [0.1, 0.15) is 5.76 Å². The minimum Gasteiger partial charge on any atom is -0.467 e. The van der Waals surface area contributed by atoms with Crippen LogP contribution in [0.4, 0.5) is 5.69 Å². The van der Waals surface area contributed by atoms with Crippen molar-refractivity contribution >= 4 is 44.8 Å². The smallest absolute Gasteiger partial charge is 0.261 e. The zero-order valence-corrected chi connectivity index (χ0v) is 22.1. The standard InChI is InChI=1S/C27H25Cl2N3O4S/c28-21-9-12-26(31-37(34,35)23-10-7-19(8-11-23)13-14-30)20(16-21)17-32(18-22-4-3-15-36-22)27(33)24-5-1-2-6-25(24)29/h1-12,15-16,31H,13-14,17-18,30H2. The third kappa shape index (κ3) is 6.72. The molecule has 7 nitrogen and oxygen atoms in total. The van der Waals surface area contributed by atoms with E-state index in [1.165, 1.54) is 23.3 Å². The number of furan rings is 1. The Balaban J connectivity index is 1.65. The summed E-state index contributed by atoms with van der Waals surface area (Å²) in [6, 6.07) is 21.5. The van der Waals surface area contributed by atoms with E-state index in [9.17, 15) is 13.2 Å². The Morgan fingerprint density at radius 3 is 2.38 bits per heavy atom. The number of amides is 1. The molecule has 192 valence electrons. The van der Waals surface area contributed by atoms with Crippen LogP contribution in [0.15, 0.2) is 94.4 Å². The van der Waals surface area contributed by atoms with Crippen molar-refractivity contribution in [3.63, 3.8) is 0 Å². The number of anilines is 1.